The van der Waals surface area contributed by atoms with Crippen LogP contribution in [0.1, 0.15) is 25.3 Å². The van der Waals surface area contributed by atoms with Gasteiger partial charge < -0.3 is 10.0 Å². The number of likely N-dealkylation sites (N-methyl/N-ethyl adjacent to an activating group) is 1. The molecule has 1 heterocycles. The third kappa shape index (κ3) is 5.18. The van der Waals surface area contributed by atoms with E-state index in [0.717, 1.165) is 18.5 Å². The van der Waals surface area contributed by atoms with Crippen LogP contribution in [0.15, 0.2) is 24.3 Å². The van der Waals surface area contributed by atoms with Gasteiger partial charge in [-0.05, 0) is 44.0 Å². The molecule has 1 aliphatic rings. The molecule has 1 saturated heterocycles. The van der Waals surface area contributed by atoms with Crippen molar-refractivity contribution in [2.24, 2.45) is 5.92 Å². The molecule has 1 aromatic rings. The van der Waals surface area contributed by atoms with E-state index < -0.39 is 11.9 Å². The molecule has 1 N–H and O–H groups in total. The van der Waals surface area contributed by atoms with Crippen LogP contribution in [0.3, 0.4) is 0 Å². The fourth-order valence-electron chi connectivity index (χ4n) is 3.02. The van der Waals surface area contributed by atoms with Gasteiger partial charge in [0.05, 0.1) is 12.0 Å². The van der Waals surface area contributed by atoms with Gasteiger partial charge in [-0.3, -0.25) is 14.5 Å². The Morgan fingerprint density at radius 3 is 2.79 bits per heavy atom. The molecule has 0 aliphatic carbocycles. The van der Waals surface area contributed by atoms with Crippen LogP contribution in [0.5, 0.6) is 0 Å². The molecular formula is C17H24ClFN2O3. The molecule has 2 rings (SSSR count). The van der Waals surface area contributed by atoms with Crippen molar-refractivity contribution in [3.63, 3.8) is 0 Å². The van der Waals surface area contributed by atoms with E-state index in [2.05, 4.69) is 0 Å². The first-order valence-corrected chi connectivity index (χ1v) is 7.84. The summed E-state index contributed by atoms with van der Waals surface area (Å²) in [5.41, 5.74) is 0.732. The summed E-state index contributed by atoms with van der Waals surface area (Å²) in [7, 11) is 1.68. The minimum Gasteiger partial charge on any atom is -0.481 e. The molecular weight excluding hydrogens is 335 g/mol. The molecule has 1 amide bonds. The highest BCUT2D eigenvalue weighted by Gasteiger charge is 2.31. The van der Waals surface area contributed by atoms with Crippen LogP contribution in [0.2, 0.25) is 0 Å². The lowest BCUT2D eigenvalue weighted by atomic mass is 9.97. The molecule has 7 heteroatoms. The summed E-state index contributed by atoms with van der Waals surface area (Å²) >= 11 is 0. The van der Waals surface area contributed by atoms with Crippen LogP contribution in [0, 0.1) is 11.7 Å². The van der Waals surface area contributed by atoms with Crippen molar-refractivity contribution in [3.05, 3.63) is 35.6 Å². The van der Waals surface area contributed by atoms with Gasteiger partial charge in [-0.25, -0.2) is 4.39 Å². The third-order valence-electron chi connectivity index (χ3n) is 4.39. The van der Waals surface area contributed by atoms with E-state index in [1.165, 1.54) is 12.1 Å². The molecule has 2 atom stereocenters. The normalized spacial score (nSPS) is 19.2. The van der Waals surface area contributed by atoms with E-state index in [9.17, 15) is 14.0 Å². The van der Waals surface area contributed by atoms with Crippen LogP contribution in [0.4, 0.5) is 4.39 Å². The minimum absolute atomic E-state index is 0. The summed E-state index contributed by atoms with van der Waals surface area (Å²) in [4.78, 5) is 27.2. The summed E-state index contributed by atoms with van der Waals surface area (Å²) in [6.45, 7) is 3.26. The van der Waals surface area contributed by atoms with Gasteiger partial charge in [0.25, 0.3) is 0 Å². The number of carbonyl (C=O) groups excluding carboxylic acids is 1. The molecule has 0 saturated carbocycles. The Kier molecular flexibility index (Phi) is 7.63. The Bertz CT molecular complexity index is 585. The van der Waals surface area contributed by atoms with E-state index in [1.54, 1.807) is 31.0 Å². The predicted molar refractivity (Wildman–Crippen MR) is 91.5 cm³/mol. The molecule has 1 fully saturated rings. The topological polar surface area (TPSA) is 60.9 Å². The van der Waals surface area contributed by atoms with Crippen molar-refractivity contribution in [1.29, 1.82) is 0 Å². The molecule has 0 aromatic heterocycles. The van der Waals surface area contributed by atoms with E-state index in [4.69, 9.17) is 5.11 Å². The van der Waals surface area contributed by atoms with Crippen molar-refractivity contribution in [2.75, 3.05) is 20.1 Å². The smallest absolute Gasteiger partial charge is 0.307 e. The molecule has 1 aromatic carbocycles. The molecule has 0 spiro atoms. The number of halogens is 2. The molecule has 0 radical (unpaired) electrons. The molecule has 5 nitrogen and oxygen atoms in total. The first kappa shape index (κ1) is 20.4. The summed E-state index contributed by atoms with van der Waals surface area (Å²) in [5.74, 6) is -1.62. The second-order valence-corrected chi connectivity index (χ2v) is 6.17. The highest BCUT2D eigenvalue weighted by atomic mass is 35.5. The van der Waals surface area contributed by atoms with E-state index in [-0.39, 0.29) is 30.2 Å². The van der Waals surface area contributed by atoms with Crippen molar-refractivity contribution in [2.45, 2.75) is 32.4 Å². The van der Waals surface area contributed by atoms with Crippen LogP contribution >= 0.6 is 12.4 Å². The Morgan fingerprint density at radius 2 is 2.17 bits per heavy atom. The maximum absolute atomic E-state index is 13.2. The average molecular weight is 359 g/mol. The quantitative estimate of drug-likeness (QED) is 0.878. The van der Waals surface area contributed by atoms with Crippen LogP contribution in [0.25, 0.3) is 0 Å². The van der Waals surface area contributed by atoms with Crippen LogP contribution < -0.4 is 0 Å². The van der Waals surface area contributed by atoms with Gasteiger partial charge in [0.2, 0.25) is 5.91 Å². The fraction of sp³-hybridized carbons (Fsp3) is 0.529. The lowest BCUT2D eigenvalue weighted by molar-refractivity contribution is -0.146. The summed E-state index contributed by atoms with van der Waals surface area (Å²) in [6, 6.07) is 5.80. The number of benzene rings is 1. The maximum atomic E-state index is 13.2. The van der Waals surface area contributed by atoms with Gasteiger partial charge >= 0.3 is 5.97 Å². The summed E-state index contributed by atoms with van der Waals surface area (Å²) in [6.07, 6.45) is 1.44. The van der Waals surface area contributed by atoms with Crippen molar-refractivity contribution < 1.29 is 19.1 Å². The van der Waals surface area contributed by atoms with E-state index in [1.807, 2.05) is 4.90 Å². The Balaban J connectivity index is 0.00000288. The molecule has 0 bridgehead atoms. The number of likely N-dealkylation sites (tertiary alicyclic amines) is 1. The van der Waals surface area contributed by atoms with Gasteiger partial charge in [0.1, 0.15) is 5.82 Å². The van der Waals surface area contributed by atoms with Crippen LogP contribution in [-0.2, 0) is 16.1 Å². The van der Waals surface area contributed by atoms with E-state index >= 15 is 0 Å². The monoisotopic (exact) mass is 358 g/mol. The number of rotatable bonds is 5. The van der Waals surface area contributed by atoms with Crippen molar-refractivity contribution >= 4 is 24.3 Å². The highest BCUT2D eigenvalue weighted by molar-refractivity contribution is 5.85. The number of carbonyl (C=O) groups is 2. The molecule has 2 unspecified atom stereocenters. The van der Waals surface area contributed by atoms with Crippen LogP contribution in [-0.4, -0.2) is 53.0 Å². The van der Waals surface area contributed by atoms with Gasteiger partial charge in [-0.15, -0.1) is 12.4 Å². The SMILES string of the molecule is CC(C(=O)N(C)Cc1cccc(F)c1)N1CCCC(C(=O)O)C1.Cl. The molecule has 24 heavy (non-hydrogen) atoms. The third-order valence-corrected chi connectivity index (χ3v) is 4.39. The first-order chi connectivity index (χ1) is 10.9. The zero-order chi connectivity index (χ0) is 17.0. The summed E-state index contributed by atoms with van der Waals surface area (Å²) in [5, 5.41) is 9.15. The van der Waals surface area contributed by atoms with Crippen molar-refractivity contribution in [1.82, 2.24) is 9.80 Å². The Morgan fingerprint density at radius 1 is 1.46 bits per heavy atom. The fourth-order valence-corrected chi connectivity index (χ4v) is 3.02. The standard InChI is InChI=1S/C17H23FN2O3.ClH/c1-12(20-8-4-6-14(11-20)17(22)23)16(21)19(2)10-13-5-3-7-15(18)9-13;/h3,5,7,9,12,14H,4,6,8,10-11H2,1-2H3,(H,22,23);1H. The maximum Gasteiger partial charge on any atom is 0.307 e. The largest absolute Gasteiger partial charge is 0.481 e. The Labute approximate surface area is 147 Å². The number of hydrogen-bond acceptors (Lipinski definition) is 3. The lowest BCUT2D eigenvalue weighted by Gasteiger charge is -2.36. The van der Waals surface area contributed by atoms with Gasteiger partial charge in [0, 0.05) is 20.1 Å². The number of carboxylic acids is 1. The second kappa shape index (κ2) is 8.99. The minimum atomic E-state index is -0.803. The number of nitrogens with zero attached hydrogens (tertiary/aromatic N) is 2. The molecule has 1 aliphatic heterocycles. The zero-order valence-electron chi connectivity index (χ0n) is 13.9. The highest BCUT2D eigenvalue weighted by Crippen LogP contribution is 2.20. The number of piperidine rings is 1. The van der Waals surface area contributed by atoms with Gasteiger partial charge in [0.15, 0.2) is 0 Å². The lowest BCUT2D eigenvalue weighted by Crippen LogP contribution is -2.50. The number of aliphatic carboxylic acids is 1. The zero-order valence-corrected chi connectivity index (χ0v) is 14.8. The first-order valence-electron chi connectivity index (χ1n) is 7.84. The van der Waals surface area contributed by atoms with E-state index in [0.29, 0.717) is 19.5 Å². The number of amides is 1. The second-order valence-electron chi connectivity index (χ2n) is 6.17. The molecule has 134 valence electrons. The van der Waals surface area contributed by atoms with Crippen molar-refractivity contribution in [3.8, 4) is 0 Å². The summed E-state index contributed by atoms with van der Waals surface area (Å²) < 4.78 is 13.2. The predicted octanol–water partition coefficient (Wildman–Crippen LogP) is 2.39. The van der Waals surface area contributed by atoms with Gasteiger partial charge in [-0.1, -0.05) is 12.1 Å². The van der Waals surface area contributed by atoms with Gasteiger partial charge in [-0.2, -0.15) is 0 Å². The average Bonchev–Trinajstić information content (AvgIpc) is 2.53. The number of carboxylic acid groups (broad SMARTS) is 1. The Hall–Kier alpha value is -1.66. The number of hydrogen-bond donors (Lipinski definition) is 1.